The average molecular weight is 468 g/mol. The Balaban J connectivity index is 2.33. The second-order valence-corrected chi connectivity index (χ2v) is 10.1. The van der Waals surface area contributed by atoms with E-state index in [4.69, 9.17) is 4.74 Å². The Morgan fingerprint density at radius 1 is 0.912 bits per heavy atom. The van der Waals surface area contributed by atoms with Gasteiger partial charge in [0.05, 0.1) is 18.7 Å². The number of amides is 2. The first-order valence-electron chi connectivity index (χ1n) is 11.3. The summed E-state index contributed by atoms with van der Waals surface area (Å²) < 4.78 is 4.79. The van der Waals surface area contributed by atoms with Crippen LogP contribution in [-0.2, 0) is 19.7 Å². The zero-order valence-corrected chi connectivity index (χ0v) is 21.4. The van der Waals surface area contributed by atoms with E-state index in [-0.39, 0.29) is 11.8 Å². The van der Waals surface area contributed by atoms with E-state index in [1.807, 2.05) is 65.0 Å². The fourth-order valence-electron chi connectivity index (χ4n) is 4.01. The van der Waals surface area contributed by atoms with Crippen molar-refractivity contribution in [2.45, 2.75) is 52.1 Å². The fraction of sp³-hybridized carbons (Fsp3) is 0.444. The Morgan fingerprint density at radius 2 is 1.53 bits per heavy atom. The molecule has 0 aliphatic rings. The lowest BCUT2D eigenvalue weighted by atomic mass is 9.76. The van der Waals surface area contributed by atoms with Gasteiger partial charge in [-0.2, -0.15) is 0 Å². The highest BCUT2D eigenvalue weighted by molar-refractivity contribution is 6.01. The lowest BCUT2D eigenvalue weighted by Crippen LogP contribution is -2.60. The maximum Gasteiger partial charge on any atom is 0.337 e. The molecule has 2 amide bonds. The number of benzene rings is 2. The summed E-state index contributed by atoms with van der Waals surface area (Å²) in [6.07, 6.45) is 0. The SMILES string of the molecule is CNC(C(=O)NC(C(=O)N(C)c1cccc(C(=O)OC)c1)C(C)(C)C)C(C)(C)c1ccccc1. The molecule has 0 saturated carbocycles. The Labute approximate surface area is 202 Å². The first-order valence-corrected chi connectivity index (χ1v) is 11.3. The largest absolute Gasteiger partial charge is 0.465 e. The number of methoxy groups -OCH3 is 1. The summed E-state index contributed by atoms with van der Waals surface area (Å²) in [5.74, 6) is -1.03. The molecule has 0 saturated heterocycles. The second-order valence-electron chi connectivity index (χ2n) is 10.1. The summed E-state index contributed by atoms with van der Waals surface area (Å²) in [5.41, 5.74) is 0.810. The third-order valence-electron chi connectivity index (χ3n) is 6.18. The van der Waals surface area contributed by atoms with Gasteiger partial charge < -0.3 is 20.3 Å². The Bertz CT molecular complexity index is 1010. The van der Waals surface area contributed by atoms with E-state index in [0.717, 1.165) is 5.56 Å². The van der Waals surface area contributed by atoms with Gasteiger partial charge in [-0.1, -0.05) is 71.0 Å². The number of anilines is 1. The van der Waals surface area contributed by atoms with Crippen molar-refractivity contribution in [3.8, 4) is 0 Å². The Hall–Kier alpha value is -3.19. The fourth-order valence-corrected chi connectivity index (χ4v) is 4.01. The second kappa shape index (κ2) is 10.8. The smallest absolute Gasteiger partial charge is 0.337 e. The molecule has 0 spiro atoms. The Morgan fingerprint density at radius 3 is 2.06 bits per heavy atom. The topological polar surface area (TPSA) is 87.7 Å². The normalized spacial score (nSPS) is 13.5. The number of esters is 1. The molecule has 2 aromatic rings. The van der Waals surface area contributed by atoms with Crippen LogP contribution in [0, 0.1) is 5.41 Å². The first kappa shape index (κ1) is 27.1. The molecule has 2 rings (SSSR count). The average Bonchev–Trinajstić information content (AvgIpc) is 2.81. The van der Waals surface area contributed by atoms with Crippen LogP contribution in [0.5, 0.6) is 0 Å². The van der Waals surface area contributed by atoms with Gasteiger partial charge in [-0.3, -0.25) is 9.59 Å². The molecule has 0 aliphatic carbocycles. The number of rotatable bonds is 8. The highest BCUT2D eigenvalue weighted by Crippen LogP contribution is 2.29. The number of nitrogens with zero attached hydrogens (tertiary/aromatic N) is 1. The van der Waals surface area contributed by atoms with Gasteiger partial charge >= 0.3 is 5.97 Å². The van der Waals surface area contributed by atoms with Crippen molar-refractivity contribution in [1.29, 1.82) is 0 Å². The van der Waals surface area contributed by atoms with Gasteiger partial charge in [0.2, 0.25) is 11.8 Å². The number of carbonyl (C=O) groups excluding carboxylic acids is 3. The molecule has 2 atom stereocenters. The highest BCUT2D eigenvalue weighted by Gasteiger charge is 2.40. The Kier molecular flexibility index (Phi) is 8.61. The quantitative estimate of drug-likeness (QED) is 0.580. The summed E-state index contributed by atoms with van der Waals surface area (Å²) in [6, 6.07) is 15.1. The zero-order valence-electron chi connectivity index (χ0n) is 21.4. The van der Waals surface area contributed by atoms with E-state index in [0.29, 0.717) is 11.3 Å². The van der Waals surface area contributed by atoms with Crippen LogP contribution in [0.1, 0.15) is 50.5 Å². The number of carbonyl (C=O) groups is 3. The molecule has 0 aromatic heterocycles. The predicted molar refractivity (Wildman–Crippen MR) is 135 cm³/mol. The number of ether oxygens (including phenoxy) is 1. The molecule has 2 N–H and O–H groups in total. The standard InChI is InChI=1S/C27H37N3O4/c1-26(2,3)22(24(32)30(7)20-16-12-13-18(17-20)25(33)34-8)29-23(31)21(28-6)27(4,5)19-14-10-9-11-15-19/h9-17,21-22,28H,1-8H3,(H,29,31). The molecule has 0 radical (unpaired) electrons. The third kappa shape index (κ3) is 6.03. The monoisotopic (exact) mass is 467 g/mol. The van der Waals surface area contributed by atoms with Crippen LogP contribution >= 0.6 is 0 Å². The van der Waals surface area contributed by atoms with Crippen LogP contribution in [0.25, 0.3) is 0 Å². The van der Waals surface area contributed by atoms with Crippen molar-refractivity contribution >= 4 is 23.5 Å². The molecule has 0 heterocycles. The van der Waals surface area contributed by atoms with Crippen LogP contribution in [0.4, 0.5) is 5.69 Å². The minimum Gasteiger partial charge on any atom is -0.465 e. The van der Waals surface area contributed by atoms with Gasteiger partial charge in [-0.05, 0) is 36.2 Å². The zero-order chi connectivity index (χ0) is 25.7. The highest BCUT2D eigenvalue weighted by atomic mass is 16.5. The minimum absolute atomic E-state index is 0.263. The van der Waals surface area contributed by atoms with Crippen LogP contribution in [0.15, 0.2) is 54.6 Å². The molecule has 7 nitrogen and oxygen atoms in total. The van der Waals surface area contributed by atoms with Gasteiger partial charge in [0.1, 0.15) is 6.04 Å². The summed E-state index contributed by atoms with van der Waals surface area (Å²) >= 11 is 0. The molecule has 7 heteroatoms. The molecule has 184 valence electrons. The van der Waals surface area contributed by atoms with Crippen molar-refractivity contribution in [3.63, 3.8) is 0 Å². The van der Waals surface area contributed by atoms with Crippen molar-refractivity contribution in [3.05, 3.63) is 65.7 Å². The van der Waals surface area contributed by atoms with E-state index >= 15 is 0 Å². The number of likely N-dealkylation sites (N-methyl/N-ethyl adjacent to an activating group) is 2. The molecule has 2 unspecified atom stereocenters. The molecule has 34 heavy (non-hydrogen) atoms. The predicted octanol–water partition coefficient (Wildman–Crippen LogP) is 3.53. The lowest BCUT2D eigenvalue weighted by Gasteiger charge is -2.38. The van der Waals surface area contributed by atoms with Crippen molar-refractivity contribution in [1.82, 2.24) is 10.6 Å². The van der Waals surface area contributed by atoms with E-state index in [2.05, 4.69) is 10.6 Å². The molecule has 0 bridgehead atoms. The van der Waals surface area contributed by atoms with E-state index in [1.165, 1.54) is 12.0 Å². The van der Waals surface area contributed by atoms with E-state index in [9.17, 15) is 14.4 Å². The summed E-state index contributed by atoms with van der Waals surface area (Å²) in [6.45, 7) is 9.73. The van der Waals surface area contributed by atoms with Crippen LogP contribution < -0.4 is 15.5 Å². The van der Waals surface area contributed by atoms with Crippen LogP contribution in [-0.4, -0.2) is 51.1 Å². The van der Waals surface area contributed by atoms with E-state index < -0.39 is 28.9 Å². The maximum absolute atomic E-state index is 13.6. The molecule has 0 aliphatic heterocycles. The van der Waals surface area contributed by atoms with Crippen LogP contribution in [0.3, 0.4) is 0 Å². The molecule has 0 fully saturated rings. The van der Waals surface area contributed by atoms with Gasteiger partial charge in [0.25, 0.3) is 0 Å². The van der Waals surface area contributed by atoms with Gasteiger partial charge in [-0.15, -0.1) is 0 Å². The van der Waals surface area contributed by atoms with Crippen molar-refractivity contribution in [2.24, 2.45) is 5.41 Å². The number of nitrogens with one attached hydrogen (secondary N) is 2. The summed E-state index contributed by atoms with van der Waals surface area (Å²) in [7, 11) is 4.69. The molecular formula is C27H37N3O4. The lowest BCUT2D eigenvalue weighted by molar-refractivity contribution is -0.131. The van der Waals surface area contributed by atoms with E-state index in [1.54, 1.807) is 38.4 Å². The maximum atomic E-state index is 13.6. The first-order chi connectivity index (χ1) is 15.8. The minimum atomic E-state index is -0.797. The van der Waals surface area contributed by atoms with Gasteiger partial charge in [0, 0.05) is 18.2 Å². The van der Waals surface area contributed by atoms with Gasteiger partial charge in [-0.25, -0.2) is 4.79 Å². The van der Waals surface area contributed by atoms with Crippen molar-refractivity contribution < 1.29 is 19.1 Å². The number of hydrogen-bond acceptors (Lipinski definition) is 5. The summed E-state index contributed by atoms with van der Waals surface area (Å²) in [5, 5.41) is 6.13. The molecular weight excluding hydrogens is 430 g/mol. The van der Waals surface area contributed by atoms with Crippen LogP contribution in [0.2, 0.25) is 0 Å². The third-order valence-corrected chi connectivity index (χ3v) is 6.18. The molecule has 2 aromatic carbocycles. The number of hydrogen-bond donors (Lipinski definition) is 2. The van der Waals surface area contributed by atoms with Gasteiger partial charge in [0.15, 0.2) is 0 Å². The van der Waals surface area contributed by atoms with Crippen molar-refractivity contribution in [2.75, 3.05) is 26.1 Å². The summed E-state index contributed by atoms with van der Waals surface area (Å²) in [4.78, 5) is 40.5.